The highest BCUT2D eigenvalue weighted by Gasteiger charge is 2.45. The van der Waals surface area contributed by atoms with Gasteiger partial charge >= 0.3 is 12.4 Å². The van der Waals surface area contributed by atoms with Gasteiger partial charge in [-0.25, -0.2) is 9.97 Å². The third-order valence-corrected chi connectivity index (χ3v) is 23.0. The number of alkyl halides is 6. The Bertz CT molecular complexity index is 4590. The minimum absolute atomic E-state index is 0.00591. The molecule has 5 fully saturated rings. The van der Waals surface area contributed by atoms with Crippen LogP contribution < -0.4 is 14.7 Å². The van der Waals surface area contributed by atoms with E-state index >= 15 is 0 Å². The van der Waals surface area contributed by atoms with E-state index in [0.29, 0.717) is 62.2 Å². The fourth-order valence-electron chi connectivity index (χ4n) is 16.7. The van der Waals surface area contributed by atoms with Crippen molar-refractivity contribution in [1.29, 1.82) is 0 Å². The molecule has 7 aromatic heterocycles. The monoisotopic (exact) mass is 1450 g/mol. The molecule has 31 heteroatoms. The van der Waals surface area contributed by atoms with Crippen LogP contribution in [-0.2, 0) is 90.2 Å². The molecule has 7 aliphatic heterocycles. The summed E-state index contributed by atoms with van der Waals surface area (Å²) in [6.07, 6.45) is 4.58. The second-order valence-corrected chi connectivity index (χ2v) is 30.1. The van der Waals surface area contributed by atoms with Crippen molar-refractivity contribution in [1.82, 2.24) is 83.8 Å². The summed E-state index contributed by atoms with van der Waals surface area (Å²) in [5.41, 5.74) is 9.35. The van der Waals surface area contributed by atoms with Gasteiger partial charge in [-0.15, -0.1) is 30.6 Å². The van der Waals surface area contributed by atoms with Crippen LogP contribution in [0.2, 0.25) is 5.02 Å². The summed E-state index contributed by atoms with van der Waals surface area (Å²) < 4.78 is 82.9. The highest BCUT2D eigenvalue weighted by molar-refractivity contribution is 6.33. The van der Waals surface area contributed by atoms with E-state index in [2.05, 4.69) is 116 Å². The molecule has 0 unspecified atom stereocenters. The minimum atomic E-state index is -4.55. The molecule has 24 nitrogen and oxygen atoms in total. The van der Waals surface area contributed by atoms with E-state index in [1.54, 1.807) is 22.2 Å². The number of piperidine rings is 3. The van der Waals surface area contributed by atoms with Gasteiger partial charge in [-0.2, -0.15) is 26.3 Å². The second-order valence-electron chi connectivity index (χ2n) is 29.6. The van der Waals surface area contributed by atoms with Crippen LogP contribution in [0, 0.1) is 48.3 Å². The van der Waals surface area contributed by atoms with Crippen molar-refractivity contribution in [2.24, 2.45) is 41.4 Å². The van der Waals surface area contributed by atoms with Gasteiger partial charge in [0.15, 0.2) is 23.1 Å². The number of hydrogen-bond acceptors (Lipinski definition) is 17. The van der Waals surface area contributed by atoms with E-state index in [4.69, 9.17) is 11.6 Å². The number of fused-ring (bicyclic) bond motifs is 6. The minimum Gasteiger partial charge on any atom is -0.371 e. The quantitative estimate of drug-likeness (QED) is 0.122. The molecule has 17 rings (SSSR count). The van der Waals surface area contributed by atoms with Crippen LogP contribution in [0.15, 0.2) is 61.1 Å². The first-order valence-electron chi connectivity index (χ1n) is 36.5. The fraction of sp³-hybridized carbons (Fsp3) is 0.562. The Kier molecular flexibility index (Phi) is 19.3. The number of halogens is 7. The van der Waals surface area contributed by atoms with E-state index in [1.165, 1.54) is 24.0 Å². The molecule has 0 bridgehead atoms. The molecular formula is C73H85ClF6N20O4. The molecule has 8 aromatic rings. The van der Waals surface area contributed by atoms with Crippen LogP contribution in [0.3, 0.4) is 0 Å². The van der Waals surface area contributed by atoms with Gasteiger partial charge in [0.25, 0.3) is 0 Å². The number of carbonyl (C=O) groups is 4. The van der Waals surface area contributed by atoms with Crippen molar-refractivity contribution in [3.8, 4) is 0 Å². The first-order valence-corrected chi connectivity index (χ1v) is 36.9. The normalized spacial score (nSPS) is 22.8. The maximum atomic E-state index is 13.5. The summed E-state index contributed by atoms with van der Waals surface area (Å²) in [5, 5.41) is 25.4. The predicted molar refractivity (Wildman–Crippen MR) is 373 cm³/mol. The topological polar surface area (TPSA) is 235 Å². The molecule has 550 valence electrons. The first kappa shape index (κ1) is 70.6. The summed E-state index contributed by atoms with van der Waals surface area (Å²) in [7, 11) is 0. The average molecular weight is 1460 g/mol. The van der Waals surface area contributed by atoms with Gasteiger partial charge in [0.05, 0.1) is 48.1 Å². The number of nitrogens with zero attached hydrogens (tertiary/aromatic N) is 20. The number of aromatic nitrogens is 13. The molecule has 2 aliphatic carbocycles. The van der Waals surface area contributed by atoms with Gasteiger partial charge in [-0.1, -0.05) is 51.4 Å². The maximum Gasteiger partial charge on any atom is 0.451 e. The first-order chi connectivity index (χ1) is 50.0. The Morgan fingerprint density at radius 3 is 1.56 bits per heavy atom. The summed E-state index contributed by atoms with van der Waals surface area (Å²) in [5.74, 6) is 1.66. The summed E-state index contributed by atoms with van der Waals surface area (Å²) in [6, 6.07) is 14.6. The van der Waals surface area contributed by atoms with Gasteiger partial charge in [0.2, 0.25) is 35.3 Å². The zero-order valence-corrected chi connectivity index (χ0v) is 59.8. The highest BCUT2D eigenvalue weighted by Crippen LogP contribution is 2.44. The largest absolute Gasteiger partial charge is 0.451 e. The molecular weight excluding hydrogens is 1370 g/mol. The molecule has 9 aliphatic rings. The number of benzene rings is 1. The van der Waals surface area contributed by atoms with Crippen LogP contribution >= 0.6 is 11.6 Å². The zero-order chi connectivity index (χ0) is 72.6. The van der Waals surface area contributed by atoms with E-state index in [1.807, 2.05) is 47.2 Å². The number of carbonyl (C=O) groups excluding carboxylic acids is 4. The average Bonchev–Trinajstić information content (AvgIpc) is 1.47. The van der Waals surface area contributed by atoms with E-state index in [0.717, 1.165) is 137 Å². The third kappa shape index (κ3) is 14.1. The molecule has 3 saturated heterocycles. The molecule has 4 amide bonds. The van der Waals surface area contributed by atoms with Gasteiger partial charge in [-0.05, 0) is 118 Å². The smallest absolute Gasteiger partial charge is 0.371 e. The van der Waals surface area contributed by atoms with Crippen LogP contribution in [-0.4, -0.2) is 173 Å². The zero-order valence-electron chi connectivity index (χ0n) is 59.0. The molecule has 0 N–H and O–H groups in total. The Labute approximate surface area is 602 Å². The number of pyridine rings is 4. The van der Waals surface area contributed by atoms with E-state index < -0.39 is 24.0 Å². The molecule has 14 heterocycles. The SMILES string of the molecule is CCc1nnc2n1CCN(C(=O)[C@H]1CCN(c3c(Cl)cnc4c3CCN(C(=O)C3CC3)C4)C[C@H]1C)C2.C[C@@H]1CN(c2ccnc3cc(C4CC4)ccc23)CC[C@@H]1C(=O)N1CCn2c(nnc2C(F)(F)F)C1.Cc1ccc2c(N3CC[C@H](C(=O)N4CCn5c(nnc5C(F)(F)F)C4)[C@H](C)C3)ccnc2n1. The van der Waals surface area contributed by atoms with Crippen LogP contribution in [0.4, 0.5) is 43.4 Å². The lowest BCUT2D eigenvalue weighted by Crippen LogP contribution is -2.49. The van der Waals surface area contributed by atoms with Crippen molar-refractivity contribution in [2.45, 2.75) is 156 Å². The molecule has 0 spiro atoms. The Morgan fingerprint density at radius 1 is 0.519 bits per heavy atom. The lowest BCUT2D eigenvalue weighted by Gasteiger charge is -2.42. The van der Waals surface area contributed by atoms with Gasteiger partial charge in [0.1, 0.15) is 5.82 Å². The molecule has 2 saturated carbocycles. The number of rotatable bonds is 9. The molecule has 6 atom stereocenters. The molecule has 0 radical (unpaired) electrons. The van der Waals surface area contributed by atoms with Crippen molar-refractivity contribution in [2.75, 3.05) is 80.1 Å². The van der Waals surface area contributed by atoms with Crippen LogP contribution in [0.25, 0.3) is 21.9 Å². The number of hydrogen-bond donors (Lipinski definition) is 0. The van der Waals surface area contributed by atoms with E-state index in [-0.39, 0.29) is 116 Å². The third-order valence-electron chi connectivity index (χ3n) is 22.7. The molecule has 1 aromatic carbocycles. The predicted octanol–water partition coefficient (Wildman–Crippen LogP) is 9.97. The number of aryl methyl sites for hydroxylation is 2. The van der Waals surface area contributed by atoms with E-state index in [9.17, 15) is 45.5 Å². The maximum absolute atomic E-state index is 13.5. The van der Waals surface area contributed by atoms with Crippen molar-refractivity contribution >= 4 is 74.2 Å². The van der Waals surface area contributed by atoms with Crippen LogP contribution in [0.5, 0.6) is 0 Å². The van der Waals surface area contributed by atoms with Crippen molar-refractivity contribution in [3.63, 3.8) is 0 Å². The van der Waals surface area contributed by atoms with Gasteiger partial charge in [0, 0.05) is 167 Å². The Morgan fingerprint density at radius 2 is 1.02 bits per heavy atom. The lowest BCUT2D eigenvalue weighted by molar-refractivity contribution is -0.149. The Balaban J connectivity index is 0.000000126. The molecule has 104 heavy (non-hydrogen) atoms. The van der Waals surface area contributed by atoms with Crippen molar-refractivity contribution < 1.29 is 45.5 Å². The second kappa shape index (κ2) is 28.4. The van der Waals surface area contributed by atoms with Gasteiger partial charge in [-0.3, -0.25) is 29.1 Å². The Hall–Kier alpha value is -9.09. The highest BCUT2D eigenvalue weighted by atomic mass is 35.5. The summed E-state index contributed by atoms with van der Waals surface area (Å²) in [6.45, 7) is 18.8. The lowest BCUT2D eigenvalue weighted by atomic mass is 9.85. The van der Waals surface area contributed by atoms with Crippen molar-refractivity contribution in [3.05, 3.63) is 124 Å². The van der Waals surface area contributed by atoms with Gasteiger partial charge < -0.3 is 48.0 Å². The fourth-order valence-corrected chi connectivity index (χ4v) is 17.0. The number of anilines is 3. The summed E-state index contributed by atoms with van der Waals surface area (Å²) >= 11 is 6.71. The van der Waals surface area contributed by atoms with Crippen LogP contribution in [0.1, 0.15) is 136 Å². The standard InChI is InChI=1S/C26H34ClN7O2.C25H27F3N6O.C22H24F3N7O/c1-3-22-29-30-23-15-33(10-11-34(22)23)26(36)18-6-8-31(13-16(18)2)24-19-7-9-32(25(35)17-4-5-17)14-21(19)28-12-20(24)27;1-15-13-32(21-6-8-29-20-12-17(16-2-3-16)4-5-19(20)21)9-7-18(15)23(35)33-10-11-34-22(14-33)30-31-24(34)25(26,27)28;1-13-11-30(17-5-7-26-19-16(17)4-3-14(2)27-19)8-6-15(13)20(33)31-9-10-32-18(12-31)28-29-21(32)22(23,24)25/h12,16-18H,3-11,13-15H2,1-2H3;4-6,8,12,15-16,18H,2-3,7,9-11,13-14H2,1H3;3-5,7,13,15H,6,8-12H2,1-2H3/t16-,18+;15-,18+;13-,15+/m111/s1. The number of amides is 4. The summed E-state index contributed by atoms with van der Waals surface area (Å²) in [4.78, 5) is 85.0.